The molecule has 0 saturated heterocycles. The average molecular weight is 396 g/mol. The summed E-state index contributed by atoms with van der Waals surface area (Å²) in [6.07, 6.45) is 4.27. The smallest absolute Gasteiger partial charge is 0.223 e. The van der Waals surface area contributed by atoms with E-state index in [1.54, 1.807) is 12.3 Å². The molecule has 25 heavy (non-hydrogen) atoms. The van der Waals surface area contributed by atoms with Gasteiger partial charge >= 0.3 is 0 Å². The topological polar surface area (TPSA) is 51.6 Å². The Labute approximate surface area is 162 Å². The molecule has 3 rings (SSSR count). The Balaban J connectivity index is 0.000000236. The summed E-state index contributed by atoms with van der Waals surface area (Å²) >= 11 is 16.5. The summed E-state index contributed by atoms with van der Waals surface area (Å²) in [6.45, 7) is 4.44. The zero-order chi connectivity index (χ0) is 18.2. The highest BCUT2D eigenvalue weighted by Gasteiger charge is 2.02. The second-order valence-electron chi connectivity index (χ2n) is 5.65. The van der Waals surface area contributed by atoms with Gasteiger partial charge in [0.1, 0.15) is 5.15 Å². The summed E-state index contributed by atoms with van der Waals surface area (Å²) < 4.78 is 0. The van der Waals surface area contributed by atoms with Gasteiger partial charge in [-0.05, 0) is 53.2 Å². The number of benzene rings is 1. The van der Waals surface area contributed by atoms with Gasteiger partial charge < -0.3 is 0 Å². The number of aromatic nitrogens is 4. The van der Waals surface area contributed by atoms with Crippen LogP contribution in [-0.2, 0) is 6.42 Å². The lowest BCUT2D eigenvalue weighted by molar-refractivity contribution is 0.647. The minimum atomic E-state index is 0.178. The maximum absolute atomic E-state index is 5.77. The number of rotatable bonds is 3. The van der Waals surface area contributed by atoms with Crippen molar-refractivity contribution in [3.05, 3.63) is 70.1 Å². The molecule has 4 nitrogen and oxygen atoms in total. The van der Waals surface area contributed by atoms with Crippen molar-refractivity contribution in [2.24, 2.45) is 5.92 Å². The standard InChI is InChI=1S/C14H15ClN2.C4H2Cl2N2/c1-10(2)9-11-3-5-12(6-4-11)13-7-8-16-14(15)17-13;5-3-1-2-7-4(6)8-3/h3-8,10H,9H2,1-2H3;1-2H. The van der Waals surface area contributed by atoms with Gasteiger partial charge in [0, 0.05) is 18.0 Å². The Bertz CT molecular complexity index is 790. The molecule has 0 N–H and O–H groups in total. The van der Waals surface area contributed by atoms with E-state index in [4.69, 9.17) is 34.8 Å². The summed E-state index contributed by atoms with van der Waals surface area (Å²) in [6, 6.07) is 11.9. The Morgan fingerprint density at radius 1 is 0.800 bits per heavy atom. The first-order valence-electron chi connectivity index (χ1n) is 7.66. The van der Waals surface area contributed by atoms with Crippen LogP contribution < -0.4 is 0 Å². The highest BCUT2D eigenvalue weighted by atomic mass is 35.5. The zero-order valence-corrected chi connectivity index (χ0v) is 16.1. The summed E-state index contributed by atoms with van der Waals surface area (Å²) in [4.78, 5) is 15.3. The van der Waals surface area contributed by atoms with Crippen LogP contribution in [-0.4, -0.2) is 19.9 Å². The first-order valence-corrected chi connectivity index (χ1v) is 8.79. The SMILES string of the molecule is CC(C)Cc1ccc(-c2ccnc(Cl)n2)cc1.Clc1ccnc(Cl)n1. The number of hydrogen-bond donors (Lipinski definition) is 0. The van der Waals surface area contributed by atoms with Crippen LogP contribution in [0.3, 0.4) is 0 Å². The van der Waals surface area contributed by atoms with Crippen LogP contribution in [0.4, 0.5) is 0 Å². The molecule has 0 aliphatic carbocycles. The van der Waals surface area contributed by atoms with E-state index in [1.807, 2.05) is 6.07 Å². The maximum atomic E-state index is 5.77. The summed E-state index contributed by atoms with van der Waals surface area (Å²) in [5.41, 5.74) is 3.28. The van der Waals surface area contributed by atoms with E-state index in [2.05, 4.69) is 58.0 Å². The van der Waals surface area contributed by atoms with E-state index in [0.29, 0.717) is 11.1 Å². The van der Waals surface area contributed by atoms with E-state index in [9.17, 15) is 0 Å². The third-order valence-corrected chi connectivity index (χ3v) is 3.69. The van der Waals surface area contributed by atoms with Gasteiger partial charge in [-0.3, -0.25) is 0 Å². The lowest BCUT2D eigenvalue weighted by Crippen LogP contribution is -1.94. The highest BCUT2D eigenvalue weighted by molar-refractivity contribution is 6.31. The minimum absolute atomic E-state index is 0.178. The first-order chi connectivity index (χ1) is 11.9. The van der Waals surface area contributed by atoms with Crippen LogP contribution in [0, 0.1) is 5.92 Å². The van der Waals surface area contributed by atoms with Crippen molar-refractivity contribution < 1.29 is 0 Å². The van der Waals surface area contributed by atoms with E-state index in [0.717, 1.165) is 17.7 Å². The summed E-state index contributed by atoms with van der Waals surface area (Å²) in [7, 11) is 0. The van der Waals surface area contributed by atoms with E-state index in [-0.39, 0.29) is 10.6 Å². The van der Waals surface area contributed by atoms with Crippen LogP contribution in [0.2, 0.25) is 15.7 Å². The fourth-order valence-corrected chi connectivity index (χ4v) is 2.57. The fourth-order valence-electron chi connectivity index (χ4n) is 2.09. The molecule has 3 aromatic rings. The molecule has 0 aliphatic rings. The van der Waals surface area contributed by atoms with Gasteiger partial charge in [-0.25, -0.2) is 19.9 Å². The molecule has 7 heteroatoms. The number of nitrogens with zero attached hydrogens (tertiary/aromatic N) is 4. The maximum Gasteiger partial charge on any atom is 0.223 e. The van der Waals surface area contributed by atoms with Crippen LogP contribution in [0.15, 0.2) is 48.8 Å². The molecule has 0 unspecified atom stereocenters. The van der Waals surface area contributed by atoms with E-state index < -0.39 is 0 Å². The second kappa shape index (κ2) is 9.66. The van der Waals surface area contributed by atoms with E-state index in [1.165, 1.54) is 11.8 Å². The molecule has 2 aromatic heterocycles. The van der Waals surface area contributed by atoms with Crippen LogP contribution in [0.25, 0.3) is 11.3 Å². The molecule has 0 bridgehead atoms. The third-order valence-electron chi connectivity index (χ3n) is 3.11. The lowest BCUT2D eigenvalue weighted by atomic mass is 10.0. The molecule has 0 spiro atoms. The first kappa shape index (κ1) is 19.6. The Morgan fingerprint density at radius 3 is 1.88 bits per heavy atom. The monoisotopic (exact) mass is 394 g/mol. The van der Waals surface area contributed by atoms with Gasteiger partial charge in [-0.15, -0.1) is 0 Å². The summed E-state index contributed by atoms with van der Waals surface area (Å²) in [5.74, 6) is 0.675. The van der Waals surface area contributed by atoms with Crippen molar-refractivity contribution in [1.82, 2.24) is 19.9 Å². The van der Waals surface area contributed by atoms with Crippen molar-refractivity contribution >= 4 is 34.8 Å². The fraction of sp³-hybridized carbons (Fsp3) is 0.222. The predicted octanol–water partition coefficient (Wildman–Crippen LogP) is 5.78. The molecule has 2 heterocycles. The lowest BCUT2D eigenvalue weighted by Gasteiger charge is -2.06. The minimum Gasteiger partial charge on any atom is -0.226 e. The van der Waals surface area contributed by atoms with Crippen molar-refractivity contribution in [3.63, 3.8) is 0 Å². The largest absolute Gasteiger partial charge is 0.226 e. The van der Waals surface area contributed by atoms with Crippen LogP contribution in [0.5, 0.6) is 0 Å². The molecular weight excluding hydrogens is 379 g/mol. The number of hydrogen-bond acceptors (Lipinski definition) is 4. The molecule has 0 amide bonds. The quantitative estimate of drug-likeness (QED) is 0.417. The second-order valence-corrected chi connectivity index (χ2v) is 6.72. The molecule has 130 valence electrons. The van der Waals surface area contributed by atoms with Gasteiger partial charge in [0.15, 0.2) is 0 Å². The molecule has 0 radical (unpaired) electrons. The van der Waals surface area contributed by atoms with Gasteiger partial charge in [-0.1, -0.05) is 49.7 Å². The van der Waals surface area contributed by atoms with Crippen LogP contribution >= 0.6 is 34.8 Å². The van der Waals surface area contributed by atoms with Crippen molar-refractivity contribution in [2.75, 3.05) is 0 Å². The molecule has 0 aliphatic heterocycles. The van der Waals surface area contributed by atoms with E-state index >= 15 is 0 Å². The van der Waals surface area contributed by atoms with Gasteiger partial charge in [0.2, 0.25) is 10.6 Å². The molecule has 0 saturated carbocycles. The Hall–Kier alpha value is -1.75. The molecule has 0 atom stereocenters. The van der Waals surface area contributed by atoms with Crippen molar-refractivity contribution in [1.29, 1.82) is 0 Å². The molecule has 0 fully saturated rings. The van der Waals surface area contributed by atoms with Crippen molar-refractivity contribution in [2.45, 2.75) is 20.3 Å². The van der Waals surface area contributed by atoms with Gasteiger partial charge in [-0.2, -0.15) is 0 Å². The van der Waals surface area contributed by atoms with Crippen LogP contribution in [0.1, 0.15) is 19.4 Å². The number of halogens is 3. The normalized spacial score (nSPS) is 10.3. The Kier molecular flexibility index (Phi) is 7.56. The molecule has 1 aromatic carbocycles. The average Bonchev–Trinajstić information content (AvgIpc) is 2.55. The Morgan fingerprint density at radius 2 is 1.40 bits per heavy atom. The summed E-state index contributed by atoms with van der Waals surface area (Å²) in [5, 5.41) is 0.830. The predicted molar refractivity (Wildman–Crippen MR) is 103 cm³/mol. The highest BCUT2D eigenvalue weighted by Crippen LogP contribution is 2.19. The van der Waals surface area contributed by atoms with Gasteiger partial charge in [0.25, 0.3) is 0 Å². The van der Waals surface area contributed by atoms with Crippen molar-refractivity contribution in [3.8, 4) is 11.3 Å². The third kappa shape index (κ3) is 6.94. The van der Waals surface area contributed by atoms with Gasteiger partial charge in [0.05, 0.1) is 5.69 Å². The molecular formula is C18H17Cl3N4. The zero-order valence-electron chi connectivity index (χ0n) is 13.8.